The zero-order valence-electron chi connectivity index (χ0n) is 9.88. The lowest BCUT2D eigenvalue weighted by Gasteiger charge is -2.39. The molecule has 0 radical (unpaired) electrons. The van der Waals surface area contributed by atoms with Crippen molar-refractivity contribution in [2.75, 3.05) is 0 Å². The van der Waals surface area contributed by atoms with Crippen LogP contribution in [0.15, 0.2) is 0 Å². The van der Waals surface area contributed by atoms with E-state index in [2.05, 4.69) is 5.32 Å². The number of hydrogen-bond acceptors (Lipinski definition) is 3. The Kier molecular flexibility index (Phi) is 3.57. The van der Waals surface area contributed by atoms with Gasteiger partial charge < -0.3 is 16.2 Å². The van der Waals surface area contributed by atoms with Crippen LogP contribution in [0.25, 0.3) is 0 Å². The summed E-state index contributed by atoms with van der Waals surface area (Å²) in [5, 5.41) is 11.8. The van der Waals surface area contributed by atoms with Gasteiger partial charge in [-0.15, -0.1) is 0 Å². The van der Waals surface area contributed by atoms with Gasteiger partial charge in [-0.25, -0.2) is 4.79 Å². The second-order valence-electron chi connectivity index (χ2n) is 4.56. The molecule has 1 aliphatic carbocycles. The van der Waals surface area contributed by atoms with E-state index in [0.29, 0.717) is 25.7 Å². The molecule has 0 aromatic heterocycles. The zero-order valence-corrected chi connectivity index (χ0v) is 9.88. The highest BCUT2D eigenvalue weighted by Crippen LogP contribution is 2.30. The Morgan fingerprint density at radius 2 is 1.88 bits per heavy atom. The van der Waals surface area contributed by atoms with Crippen LogP contribution in [-0.2, 0) is 9.59 Å². The summed E-state index contributed by atoms with van der Waals surface area (Å²) < 4.78 is 0. The largest absolute Gasteiger partial charge is 0.480 e. The molecule has 0 spiro atoms. The van der Waals surface area contributed by atoms with Gasteiger partial charge in [-0.05, 0) is 32.1 Å². The Balaban J connectivity index is 2.76. The van der Waals surface area contributed by atoms with Crippen molar-refractivity contribution in [3.63, 3.8) is 0 Å². The van der Waals surface area contributed by atoms with Gasteiger partial charge in [0.15, 0.2) is 0 Å². The quantitative estimate of drug-likeness (QED) is 0.643. The van der Waals surface area contributed by atoms with E-state index in [9.17, 15) is 14.7 Å². The first kappa shape index (κ1) is 13.0. The third kappa shape index (κ3) is 2.04. The summed E-state index contributed by atoms with van der Waals surface area (Å²) in [5.41, 5.74) is 3.85. The third-order valence-corrected chi connectivity index (χ3v) is 3.67. The molecule has 5 nitrogen and oxygen atoms in total. The summed E-state index contributed by atoms with van der Waals surface area (Å²) in [6.07, 6.45) is 2.94. The Morgan fingerprint density at radius 3 is 2.12 bits per heavy atom. The van der Waals surface area contributed by atoms with E-state index in [-0.39, 0.29) is 5.91 Å². The van der Waals surface area contributed by atoms with Crippen LogP contribution in [0.5, 0.6) is 0 Å². The number of carbonyl (C=O) groups excluding carboxylic acids is 1. The lowest BCUT2D eigenvalue weighted by Crippen LogP contribution is -2.65. The predicted molar refractivity (Wildman–Crippen MR) is 59.9 cm³/mol. The molecule has 0 heterocycles. The van der Waals surface area contributed by atoms with E-state index in [1.54, 1.807) is 13.8 Å². The maximum Gasteiger partial charge on any atom is 0.329 e. The Morgan fingerprint density at radius 1 is 1.38 bits per heavy atom. The van der Waals surface area contributed by atoms with Crippen molar-refractivity contribution < 1.29 is 14.7 Å². The molecular formula is C11H20N2O3. The van der Waals surface area contributed by atoms with E-state index in [0.717, 1.165) is 6.42 Å². The molecule has 0 unspecified atom stereocenters. The molecule has 0 aromatic carbocycles. The van der Waals surface area contributed by atoms with Crippen molar-refractivity contribution in [3.05, 3.63) is 0 Å². The standard InChI is InChI=1S/C11H20N2O3/c1-3-11(4-2,9(15)16)13-8(14)10(12)6-5-7-10/h3-7,12H2,1-2H3,(H,13,14)(H,15,16). The topological polar surface area (TPSA) is 92.4 Å². The van der Waals surface area contributed by atoms with Crippen molar-refractivity contribution in [2.45, 2.75) is 57.0 Å². The Bertz CT molecular complexity index is 294. The molecular weight excluding hydrogens is 208 g/mol. The van der Waals surface area contributed by atoms with Crippen LogP contribution in [0.3, 0.4) is 0 Å². The first-order valence-electron chi connectivity index (χ1n) is 5.75. The summed E-state index contributed by atoms with van der Waals surface area (Å²) >= 11 is 0. The molecule has 1 saturated carbocycles. The van der Waals surface area contributed by atoms with Crippen LogP contribution in [0.4, 0.5) is 0 Å². The summed E-state index contributed by atoms with van der Waals surface area (Å²) in [4.78, 5) is 23.1. The highest BCUT2D eigenvalue weighted by Gasteiger charge is 2.45. The molecule has 0 aromatic rings. The number of carboxylic acids is 1. The second kappa shape index (κ2) is 4.41. The lowest BCUT2D eigenvalue weighted by atomic mass is 9.76. The van der Waals surface area contributed by atoms with Crippen molar-refractivity contribution >= 4 is 11.9 Å². The van der Waals surface area contributed by atoms with Crippen LogP contribution in [-0.4, -0.2) is 28.1 Å². The number of amides is 1. The van der Waals surface area contributed by atoms with E-state index < -0.39 is 17.0 Å². The van der Waals surface area contributed by atoms with Gasteiger partial charge in [-0.3, -0.25) is 4.79 Å². The fourth-order valence-corrected chi connectivity index (χ4v) is 1.91. The minimum absolute atomic E-state index is 0.329. The van der Waals surface area contributed by atoms with Crippen molar-refractivity contribution in [1.29, 1.82) is 0 Å². The molecule has 1 fully saturated rings. The summed E-state index contributed by atoms with van der Waals surface area (Å²) in [7, 11) is 0. The maximum atomic E-state index is 11.9. The van der Waals surface area contributed by atoms with Gasteiger partial charge in [0.2, 0.25) is 5.91 Å². The zero-order chi connectivity index (χ0) is 12.4. The van der Waals surface area contributed by atoms with Crippen molar-refractivity contribution in [2.24, 2.45) is 5.73 Å². The summed E-state index contributed by atoms with van der Waals surface area (Å²) in [6, 6.07) is 0. The van der Waals surface area contributed by atoms with Gasteiger partial charge in [0, 0.05) is 0 Å². The summed E-state index contributed by atoms with van der Waals surface area (Å²) in [6.45, 7) is 3.50. The average Bonchev–Trinajstić information content (AvgIpc) is 2.21. The molecule has 92 valence electrons. The first-order chi connectivity index (χ1) is 7.40. The van der Waals surface area contributed by atoms with Gasteiger partial charge in [0.25, 0.3) is 0 Å². The highest BCUT2D eigenvalue weighted by molar-refractivity contribution is 5.92. The normalized spacial score (nSPS) is 18.7. The van der Waals surface area contributed by atoms with Crippen molar-refractivity contribution in [3.8, 4) is 0 Å². The number of rotatable bonds is 5. The molecule has 5 heteroatoms. The molecule has 1 aliphatic rings. The maximum absolute atomic E-state index is 11.9. The van der Waals surface area contributed by atoms with E-state index in [1.807, 2.05) is 0 Å². The van der Waals surface area contributed by atoms with E-state index >= 15 is 0 Å². The Labute approximate surface area is 95.4 Å². The SMILES string of the molecule is CCC(CC)(NC(=O)C1(N)CCC1)C(=O)O. The van der Waals surface area contributed by atoms with Crippen LogP contribution < -0.4 is 11.1 Å². The van der Waals surface area contributed by atoms with E-state index in [1.165, 1.54) is 0 Å². The molecule has 0 saturated heterocycles. The number of nitrogens with two attached hydrogens (primary N) is 1. The van der Waals surface area contributed by atoms with Crippen molar-refractivity contribution in [1.82, 2.24) is 5.32 Å². The average molecular weight is 228 g/mol. The second-order valence-corrected chi connectivity index (χ2v) is 4.56. The van der Waals surface area contributed by atoms with Crippen LogP contribution >= 0.6 is 0 Å². The van der Waals surface area contributed by atoms with Gasteiger partial charge in [-0.2, -0.15) is 0 Å². The fourth-order valence-electron chi connectivity index (χ4n) is 1.91. The predicted octanol–water partition coefficient (Wildman–Crippen LogP) is 0.627. The smallest absolute Gasteiger partial charge is 0.329 e. The Hall–Kier alpha value is -1.10. The molecule has 0 atom stereocenters. The van der Waals surface area contributed by atoms with Gasteiger partial charge in [-0.1, -0.05) is 13.8 Å². The minimum Gasteiger partial charge on any atom is -0.480 e. The molecule has 16 heavy (non-hydrogen) atoms. The summed E-state index contributed by atoms with van der Waals surface area (Å²) in [5.74, 6) is -1.32. The van der Waals surface area contributed by atoms with E-state index in [4.69, 9.17) is 5.73 Å². The minimum atomic E-state index is -1.17. The molecule has 4 N–H and O–H groups in total. The van der Waals surface area contributed by atoms with Crippen LogP contribution in [0.1, 0.15) is 46.0 Å². The number of carboxylic acid groups (broad SMARTS) is 1. The van der Waals surface area contributed by atoms with Crippen LogP contribution in [0.2, 0.25) is 0 Å². The fraction of sp³-hybridized carbons (Fsp3) is 0.818. The van der Waals surface area contributed by atoms with Gasteiger partial charge in [0.05, 0.1) is 5.54 Å². The van der Waals surface area contributed by atoms with Gasteiger partial charge >= 0.3 is 5.97 Å². The van der Waals surface area contributed by atoms with Gasteiger partial charge in [0.1, 0.15) is 5.54 Å². The molecule has 1 rings (SSSR count). The van der Waals surface area contributed by atoms with Crippen LogP contribution in [0, 0.1) is 0 Å². The number of carbonyl (C=O) groups is 2. The molecule has 1 amide bonds. The molecule has 0 aliphatic heterocycles. The first-order valence-corrected chi connectivity index (χ1v) is 5.75. The number of hydrogen-bond donors (Lipinski definition) is 3. The number of aliphatic carboxylic acids is 1. The molecule has 0 bridgehead atoms. The third-order valence-electron chi connectivity index (χ3n) is 3.67. The monoisotopic (exact) mass is 228 g/mol. The number of nitrogens with one attached hydrogen (secondary N) is 1. The highest BCUT2D eigenvalue weighted by atomic mass is 16.4. The lowest BCUT2D eigenvalue weighted by molar-refractivity contribution is -0.149.